The lowest BCUT2D eigenvalue weighted by Crippen LogP contribution is -2.01. The minimum Gasteiger partial charge on any atom is -0.294 e. The Bertz CT molecular complexity index is 561. The van der Waals surface area contributed by atoms with E-state index in [2.05, 4.69) is 12.1 Å². The molecule has 2 aromatic rings. The third-order valence-corrected chi connectivity index (χ3v) is 3.21. The number of halogens is 1. The molecule has 2 heteroatoms. The van der Waals surface area contributed by atoms with Gasteiger partial charge in [-0.15, -0.1) is 0 Å². The number of rotatable bonds is 5. The zero-order valence-corrected chi connectivity index (χ0v) is 11.0. The van der Waals surface area contributed by atoms with Gasteiger partial charge in [0.05, 0.1) is 0 Å². The number of carbonyl (C=O) groups excluding carboxylic acids is 1. The first-order valence-electron chi connectivity index (χ1n) is 6.50. The SMILES string of the molecule is Cc1ccc(C(=O)CCCc2ccccc2)cc1F. The molecular weight excluding hydrogens is 239 g/mol. The molecule has 0 heterocycles. The first-order chi connectivity index (χ1) is 9.16. The molecule has 0 spiro atoms. The molecule has 0 amide bonds. The first-order valence-corrected chi connectivity index (χ1v) is 6.50. The summed E-state index contributed by atoms with van der Waals surface area (Å²) < 4.78 is 13.4. The van der Waals surface area contributed by atoms with E-state index in [1.165, 1.54) is 11.6 Å². The van der Waals surface area contributed by atoms with Crippen LogP contribution in [0.15, 0.2) is 48.5 Å². The Labute approximate surface area is 113 Å². The summed E-state index contributed by atoms with van der Waals surface area (Å²) in [4.78, 5) is 11.9. The highest BCUT2D eigenvalue weighted by Gasteiger charge is 2.08. The molecule has 2 rings (SSSR count). The summed E-state index contributed by atoms with van der Waals surface area (Å²) in [7, 11) is 0. The predicted molar refractivity (Wildman–Crippen MR) is 74.8 cm³/mol. The molecular formula is C17H17FO. The van der Waals surface area contributed by atoms with Gasteiger partial charge in [0.1, 0.15) is 5.82 Å². The minimum atomic E-state index is -0.311. The molecule has 0 unspecified atom stereocenters. The van der Waals surface area contributed by atoms with Gasteiger partial charge in [-0.3, -0.25) is 4.79 Å². The number of hydrogen-bond acceptors (Lipinski definition) is 1. The average Bonchev–Trinajstić information content (AvgIpc) is 2.43. The van der Waals surface area contributed by atoms with E-state index in [-0.39, 0.29) is 11.6 Å². The van der Waals surface area contributed by atoms with Crippen LogP contribution in [-0.4, -0.2) is 5.78 Å². The minimum absolute atomic E-state index is 0.00910. The van der Waals surface area contributed by atoms with E-state index in [1.54, 1.807) is 19.1 Å². The normalized spacial score (nSPS) is 10.4. The maximum Gasteiger partial charge on any atom is 0.162 e. The van der Waals surface area contributed by atoms with Gasteiger partial charge in [0.15, 0.2) is 5.78 Å². The molecule has 19 heavy (non-hydrogen) atoms. The molecule has 0 radical (unpaired) electrons. The highest BCUT2D eigenvalue weighted by atomic mass is 19.1. The number of ketones is 1. The quantitative estimate of drug-likeness (QED) is 0.727. The van der Waals surface area contributed by atoms with Crippen LogP contribution in [-0.2, 0) is 6.42 Å². The van der Waals surface area contributed by atoms with Crippen LogP contribution in [0.1, 0.15) is 34.3 Å². The standard InChI is InChI=1S/C17H17FO/c1-13-10-11-15(12-16(13)18)17(19)9-5-8-14-6-3-2-4-7-14/h2-4,6-7,10-12H,5,8-9H2,1H3. The Morgan fingerprint density at radius 3 is 2.53 bits per heavy atom. The summed E-state index contributed by atoms with van der Waals surface area (Å²) in [6.45, 7) is 1.69. The molecule has 0 aliphatic rings. The molecule has 0 N–H and O–H groups in total. The van der Waals surface area contributed by atoms with Crippen molar-refractivity contribution in [2.24, 2.45) is 0 Å². The fraction of sp³-hybridized carbons (Fsp3) is 0.235. The second-order valence-electron chi connectivity index (χ2n) is 4.73. The number of hydrogen-bond donors (Lipinski definition) is 0. The maximum atomic E-state index is 13.4. The van der Waals surface area contributed by atoms with Crippen LogP contribution in [0, 0.1) is 12.7 Å². The van der Waals surface area contributed by atoms with Crippen molar-refractivity contribution in [1.82, 2.24) is 0 Å². The van der Waals surface area contributed by atoms with Crippen LogP contribution < -0.4 is 0 Å². The van der Waals surface area contributed by atoms with E-state index < -0.39 is 0 Å². The van der Waals surface area contributed by atoms with Crippen molar-refractivity contribution >= 4 is 5.78 Å². The van der Waals surface area contributed by atoms with Gasteiger partial charge in [-0.05, 0) is 37.0 Å². The Kier molecular flexibility index (Phi) is 4.45. The monoisotopic (exact) mass is 256 g/mol. The number of benzene rings is 2. The molecule has 2 aromatic carbocycles. The summed E-state index contributed by atoms with van der Waals surface area (Å²) in [5.41, 5.74) is 2.27. The Balaban J connectivity index is 1.89. The summed E-state index contributed by atoms with van der Waals surface area (Å²) in [6, 6.07) is 14.7. The lowest BCUT2D eigenvalue weighted by Gasteiger charge is -2.03. The first kappa shape index (κ1) is 13.5. The number of Topliss-reactive ketones (excluding diaryl/α,β-unsaturated/α-hetero) is 1. The highest BCUT2D eigenvalue weighted by Crippen LogP contribution is 2.13. The molecule has 0 atom stereocenters. The van der Waals surface area contributed by atoms with Crippen molar-refractivity contribution in [3.05, 3.63) is 71.0 Å². The van der Waals surface area contributed by atoms with Crippen LogP contribution in [0.25, 0.3) is 0 Å². The molecule has 0 aromatic heterocycles. The lowest BCUT2D eigenvalue weighted by atomic mass is 10.0. The summed E-state index contributed by atoms with van der Waals surface area (Å²) in [5.74, 6) is -0.302. The molecule has 98 valence electrons. The van der Waals surface area contributed by atoms with Crippen molar-refractivity contribution in [2.75, 3.05) is 0 Å². The third kappa shape index (κ3) is 3.75. The highest BCUT2D eigenvalue weighted by molar-refractivity contribution is 5.96. The zero-order valence-electron chi connectivity index (χ0n) is 11.0. The van der Waals surface area contributed by atoms with Gasteiger partial charge in [0.25, 0.3) is 0 Å². The maximum absolute atomic E-state index is 13.4. The Morgan fingerprint density at radius 2 is 1.84 bits per heavy atom. The van der Waals surface area contributed by atoms with E-state index in [9.17, 15) is 9.18 Å². The Hall–Kier alpha value is -1.96. The molecule has 0 saturated heterocycles. The van der Waals surface area contributed by atoms with E-state index in [0.29, 0.717) is 17.5 Å². The van der Waals surface area contributed by atoms with Crippen LogP contribution in [0.4, 0.5) is 4.39 Å². The predicted octanol–water partition coefficient (Wildman–Crippen LogP) is 4.34. The second-order valence-corrected chi connectivity index (χ2v) is 4.73. The largest absolute Gasteiger partial charge is 0.294 e. The molecule has 0 fully saturated rings. The molecule has 0 aliphatic heterocycles. The van der Waals surface area contributed by atoms with Crippen LogP contribution in [0.5, 0.6) is 0 Å². The van der Waals surface area contributed by atoms with E-state index >= 15 is 0 Å². The van der Waals surface area contributed by atoms with E-state index in [4.69, 9.17) is 0 Å². The smallest absolute Gasteiger partial charge is 0.162 e. The molecule has 0 aliphatic carbocycles. The molecule has 0 saturated carbocycles. The fourth-order valence-electron chi connectivity index (χ4n) is 2.01. The molecule has 1 nitrogen and oxygen atoms in total. The van der Waals surface area contributed by atoms with Gasteiger partial charge in [-0.25, -0.2) is 4.39 Å². The summed E-state index contributed by atoms with van der Waals surface area (Å²) >= 11 is 0. The van der Waals surface area contributed by atoms with Crippen molar-refractivity contribution < 1.29 is 9.18 Å². The van der Waals surface area contributed by atoms with Crippen molar-refractivity contribution in [1.29, 1.82) is 0 Å². The summed E-state index contributed by atoms with van der Waals surface area (Å²) in [5, 5.41) is 0. The average molecular weight is 256 g/mol. The van der Waals surface area contributed by atoms with Gasteiger partial charge >= 0.3 is 0 Å². The van der Waals surface area contributed by atoms with Gasteiger partial charge < -0.3 is 0 Å². The fourth-order valence-corrected chi connectivity index (χ4v) is 2.01. The van der Waals surface area contributed by atoms with Crippen molar-refractivity contribution in [2.45, 2.75) is 26.2 Å². The van der Waals surface area contributed by atoms with Crippen LogP contribution in [0.2, 0.25) is 0 Å². The van der Waals surface area contributed by atoms with E-state index in [0.717, 1.165) is 12.8 Å². The van der Waals surface area contributed by atoms with Crippen molar-refractivity contribution in [3.8, 4) is 0 Å². The van der Waals surface area contributed by atoms with Crippen LogP contribution in [0.3, 0.4) is 0 Å². The number of carbonyl (C=O) groups is 1. The lowest BCUT2D eigenvalue weighted by molar-refractivity contribution is 0.0980. The molecule has 0 bridgehead atoms. The van der Waals surface area contributed by atoms with E-state index in [1.807, 2.05) is 18.2 Å². The number of aryl methyl sites for hydroxylation is 2. The van der Waals surface area contributed by atoms with Crippen molar-refractivity contribution in [3.63, 3.8) is 0 Å². The van der Waals surface area contributed by atoms with Gasteiger partial charge in [0.2, 0.25) is 0 Å². The van der Waals surface area contributed by atoms with Crippen LogP contribution >= 0.6 is 0 Å². The summed E-state index contributed by atoms with van der Waals surface area (Å²) in [6.07, 6.45) is 2.12. The second kappa shape index (κ2) is 6.28. The van der Waals surface area contributed by atoms with Gasteiger partial charge in [-0.2, -0.15) is 0 Å². The van der Waals surface area contributed by atoms with Gasteiger partial charge in [-0.1, -0.05) is 42.5 Å². The van der Waals surface area contributed by atoms with Gasteiger partial charge in [0, 0.05) is 12.0 Å². The zero-order chi connectivity index (χ0) is 13.7. The third-order valence-electron chi connectivity index (χ3n) is 3.21. The topological polar surface area (TPSA) is 17.1 Å². The Morgan fingerprint density at radius 1 is 1.11 bits per heavy atom.